The zero-order valence-electron chi connectivity index (χ0n) is 14.3. The zero-order chi connectivity index (χ0) is 17.6. The molecule has 0 bridgehead atoms. The van der Waals surface area contributed by atoms with Crippen molar-refractivity contribution < 1.29 is 19.4 Å². The molecule has 0 aliphatic carbocycles. The molecule has 1 heterocycles. The molecule has 0 amide bonds. The second kappa shape index (κ2) is 8.14. The maximum absolute atomic E-state index is 11.2. The highest BCUT2D eigenvalue weighted by Crippen LogP contribution is 2.29. The maximum atomic E-state index is 11.2. The van der Waals surface area contributed by atoms with Gasteiger partial charge in [-0.2, -0.15) is 0 Å². The molecule has 0 saturated carbocycles. The molecule has 0 spiro atoms. The Balaban J connectivity index is 1.70. The van der Waals surface area contributed by atoms with E-state index in [9.17, 15) is 9.90 Å². The summed E-state index contributed by atoms with van der Waals surface area (Å²) in [5.74, 6) is 0.352. The number of benzene rings is 2. The van der Waals surface area contributed by atoms with Crippen LogP contribution in [0.4, 0.5) is 0 Å². The van der Waals surface area contributed by atoms with Gasteiger partial charge in [0.25, 0.3) is 0 Å². The van der Waals surface area contributed by atoms with Gasteiger partial charge in [-0.1, -0.05) is 36.4 Å². The van der Waals surface area contributed by atoms with E-state index in [-0.39, 0.29) is 23.6 Å². The van der Waals surface area contributed by atoms with Gasteiger partial charge in [0.1, 0.15) is 24.3 Å². The van der Waals surface area contributed by atoms with Gasteiger partial charge in [0, 0.05) is 19.7 Å². The number of hydrogen-bond donors (Lipinski definition) is 1. The predicted molar refractivity (Wildman–Crippen MR) is 94.8 cm³/mol. The third kappa shape index (κ3) is 4.00. The van der Waals surface area contributed by atoms with Crippen molar-refractivity contribution in [1.29, 1.82) is 0 Å². The van der Waals surface area contributed by atoms with Crippen molar-refractivity contribution in [3.05, 3.63) is 59.7 Å². The second-order valence-electron chi connectivity index (χ2n) is 6.20. The van der Waals surface area contributed by atoms with E-state index in [0.29, 0.717) is 18.6 Å². The molecule has 1 fully saturated rings. The van der Waals surface area contributed by atoms with Crippen molar-refractivity contribution in [3.8, 4) is 11.5 Å². The molecule has 2 aromatic rings. The average molecular weight is 341 g/mol. The van der Waals surface area contributed by atoms with Crippen LogP contribution in [0.15, 0.2) is 48.5 Å². The molecule has 5 nitrogen and oxygen atoms in total. The fourth-order valence-corrected chi connectivity index (χ4v) is 3.32. The molecule has 0 radical (unpaired) electrons. The number of likely N-dealkylation sites (tertiary alicyclic amines) is 1. The highest BCUT2D eigenvalue weighted by molar-refractivity contribution is 5.83. The average Bonchev–Trinajstić information content (AvgIpc) is 3.02. The summed E-state index contributed by atoms with van der Waals surface area (Å²) in [6, 6.07) is 15.3. The van der Waals surface area contributed by atoms with Gasteiger partial charge in [-0.05, 0) is 30.5 Å². The number of phenolic OH excluding ortho intramolecular Hbond substituents is 1. The predicted octanol–water partition coefficient (Wildman–Crippen LogP) is 3.22. The number of methoxy groups -OCH3 is 1. The number of aldehydes is 1. The monoisotopic (exact) mass is 341 g/mol. The number of carbonyl (C=O) groups excluding carboxylic acids is 1. The van der Waals surface area contributed by atoms with E-state index in [1.54, 1.807) is 19.2 Å². The van der Waals surface area contributed by atoms with Crippen LogP contribution in [0.3, 0.4) is 0 Å². The minimum Gasteiger partial charge on any atom is -0.507 e. The van der Waals surface area contributed by atoms with Crippen molar-refractivity contribution in [2.75, 3.05) is 13.7 Å². The highest BCUT2D eigenvalue weighted by Gasteiger charge is 2.34. The van der Waals surface area contributed by atoms with Gasteiger partial charge in [0.15, 0.2) is 6.29 Å². The van der Waals surface area contributed by atoms with Crippen LogP contribution in [-0.2, 0) is 11.3 Å². The molecule has 132 valence electrons. The summed E-state index contributed by atoms with van der Waals surface area (Å²) in [4.78, 5) is 13.5. The van der Waals surface area contributed by atoms with Crippen LogP contribution in [0.2, 0.25) is 0 Å². The number of ether oxygens (including phenoxy) is 2. The lowest BCUT2D eigenvalue weighted by Crippen LogP contribution is -2.39. The summed E-state index contributed by atoms with van der Waals surface area (Å²) in [5, 5.41) is 9.77. The largest absolute Gasteiger partial charge is 0.507 e. The third-order valence-electron chi connectivity index (χ3n) is 4.66. The summed E-state index contributed by atoms with van der Waals surface area (Å²) in [5.41, 5.74) is 1.42. The van der Waals surface area contributed by atoms with Crippen LogP contribution < -0.4 is 4.74 Å². The molecule has 1 aliphatic rings. The zero-order valence-corrected chi connectivity index (χ0v) is 14.3. The van der Waals surface area contributed by atoms with Gasteiger partial charge >= 0.3 is 0 Å². The van der Waals surface area contributed by atoms with Crippen molar-refractivity contribution in [2.45, 2.75) is 31.7 Å². The van der Waals surface area contributed by atoms with E-state index >= 15 is 0 Å². The lowest BCUT2D eigenvalue weighted by Gasteiger charge is -2.29. The van der Waals surface area contributed by atoms with Crippen LogP contribution in [0, 0.1) is 0 Å². The maximum Gasteiger partial charge on any atom is 0.157 e. The first kappa shape index (κ1) is 17.5. The Morgan fingerprint density at radius 2 is 1.96 bits per heavy atom. The number of nitrogens with zero attached hydrogens (tertiary/aromatic N) is 1. The van der Waals surface area contributed by atoms with Gasteiger partial charge in [0.05, 0.1) is 5.56 Å². The molecule has 25 heavy (non-hydrogen) atoms. The van der Waals surface area contributed by atoms with Gasteiger partial charge in [-0.3, -0.25) is 9.69 Å². The Labute approximate surface area is 147 Å². The molecule has 5 heteroatoms. The highest BCUT2D eigenvalue weighted by atomic mass is 16.5. The second-order valence-corrected chi connectivity index (χ2v) is 6.20. The molecule has 3 rings (SSSR count). The molecule has 1 saturated heterocycles. The first-order valence-corrected chi connectivity index (χ1v) is 8.45. The van der Waals surface area contributed by atoms with E-state index in [1.165, 1.54) is 11.6 Å². The Hall–Kier alpha value is -2.37. The van der Waals surface area contributed by atoms with Crippen LogP contribution in [0.1, 0.15) is 28.8 Å². The summed E-state index contributed by atoms with van der Waals surface area (Å²) in [7, 11) is 1.73. The normalized spacial score (nSPS) is 20.5. The Bertz CT molecular complexity index is 704. The molecule has 1 N–H and O–H groups in total. The fourth-order valence-electron chi connectivity index (χ4n) is 3.32. The van der Waals surface area contributed by atoms with Crippen LogP contribution in [-0.4, -0.2) is 42.3 Å². The SMILES string of the molecule is COC1CC[C@@H](COc2cccc(O)c2C=O)N1Cc1ccccc1. The van der Waals surface area contributed by atoms with Gasteiger partial charge in [0.2, 0.25) is 0 Å². The Morgan fingerprint density at radius 3 is 2.68 bits per heavy atom. The Kier molecular flexibility index (Phi) is 5.68. The summed E-state index contributed by atoms with van der Waals surface area (Å²) >= 11 is 0. The van der Waals surface area contributed by atoms with Crippen LogP contribution in [0.25, 0.3) is 0 Å². The van der Waals surface area contributed by atoms with Crippen LogP contribution in [0.5, 0.6) is 11.5 Å². The van der Waals surface area contributed by atoms with E-state index < -0.39 is 0 Å². The van der Waals surface area contributed by atoms with Gasteiger partial charge in [-0.25, -0.2) is 0 Å². The van der Waals surface area contributed by atoms with E-state index in [1.807, 2.05) is 18.2 Å². The first-order chi connectivity index (χ1) is 12.2. The minimum absolute atomic E-state index is 0.0588. The van der Waals surface area contributed by atoms with Crippen LogP contribution >= 0.6 is 0 Å². The fraction of sp³-hybridized carbons (Fsp3) is 0.350. The van der Waals surface area contributed by atoms with Crippen molar-refractivity contribution >= 4 is 6.29 Å². The van der Waals surface area contributed by atoms with Crippen molar-refractivity contribution in [2.24, 2.45) is 0 Å². The molecule has 2 atom stereocenters. The number of phenols is 1. The molecular formula is C20H23NO4. The topological polar surface area (TPSA) is 59.0 Å². The molecule has 2 aromatic carbocycles. The molecular weight excluding hydrogens is 318 g/mol. The quantitative estimate of drug-likeness (QED) is 0.784. The molecule has 1 aliphatic heterocycles. The number of carbonyl (C=O) groups is 1. The number of hydrogen-bond acceptors (Lipinski definition) is 5. The number of rotatable bonds is 7. The standard InChI is InChI=1S/C20H23NO4/c1-24-20-11-10-16(21(20)12-15-6-3-2-4-7-15)14-25-19-9-5-8-18(23)17(19)13-22/h2-9,13,16,20,23H,10-12,14H2,1H3/t16-,20?/m0/s1. The molecule has 1 unspecified atom stereocenters. The minimum atomic E-state index is -0.0603. The lowest BCUT2D eigenvalue weighted by atomic mass is 10.2. The lowest BCUT2D eigenvalue weighted by molar-refractivity contribution is -0.0313. The van der Waals surface area contributed by atoms with Gasteiger partial charge in [-0.15, -0.1) is 0 Å². The van der Waals surface area contributed by atoms with E-state index in [4.69, 9.17) is 9.47 Å². The third-order valence-corrected chi connectivity index (χ3v) is 4.66. The summed E-state index contributed by atoms with van der Waals surface area (Å²) < 4.78 is 11.5. The Morgan fingerprint density at radius 1 is 1.16 bits per heavy atom. The van der Waals surface area contributed by atoms with E-state index in [0.717, 1.165) is 19.4 Å². The molecule has 0 aromatic heterocycles. The van der Waals surface area contributed by atoms with Crippen molar-refractivity contribution in [1.82, 2.24) is 4.90 Å². The van der Waals surface area contributed by atoms with Crippen molar-refractivity contribution in [3.63, 3.8) is 0 Å². The van der Waals surface area contributed by atoms with Gasteiger partial charge < -0.3 is 14.6 Å². The van der Waals surface area contributed by atoms with E-state index in [2.05, 4.69) is 17.0 Å². The summed E-state index contributed by atoms with van der Waals surface area (Å²) in [6.45, 7) is 1.23. The first-order valence-electron chi connectivity index (χ1n) is 8.45. The smallest absolute Gasteiger partial charge is 0.157 e. The summed E-state index contributed by atoms with van der Waals surface area (Å²) in [6.07, 6.45) is 2.58. The number of aromatic hydroxyl groups is 1.